The van der Waals surface area contributed by atoms with E-state index in [2.05, 4.69) is 72.5 Å². The molecule has 3 aromatic carbocycles. The van der Waals surface area contributed by atoms with Crippen LogP contribution in [0.15, 0.2) is 128 Å². The van der Waals surface area contributed by atoms with E-state index in [1.165, 1.54) is 0 Å². The summed E-state index contributed by atoms with van der Waals surface area (Å²) in [6, 6.07) is 32.3. The highest BCUT2D eigenvalue weighted by atomic mass is 16.6. The molecule has 0 aliphatic carbocycles. The van der Waals surface area contributed by atoms with Crippen LogP contribution < -0.4 is 15.1 Å². The van der Waals surface area contributed by atoms with Gasteiger partial charge in [0.25, 0.3) is 5.91 Å². The van der Waals surface area contributed by atoms with E-state index in [0.717, 1.165) is 100.0 Å². The summed E-state index contributed by atoms with van der Waals surface area (Å²) in [7, 11) is 1.63. The molecule has 0 radical (unpaired) electrons. The van der Waals surface area contributed by atoms with Crippen molar-refractivity contribution in [3.05, 3.63) is 151 Å². The summed E-state index contributed by atoms with van der Waals surface area (Å²) in [6.45, 7) is 14.2. The number of amides is 2. The number of nitrogens with zero attached hydrogens (tertiary/aromatic N) is 9. The molecule has 13 nitrogen and oxygen atoms in total. The van der Waals surface area contributed by atoms with Gasteiger partial charge < -0.3 is 24.8 Å². The van der Waals surface area contributed by atoms with Crippen molar-refractivity contribution in [2.75, 3.05) is 56.1 Å². The maximum absolute atomic E-state index is 12.4. The van der Waals surface area contributed by atoms with E-state index in [0.29, 0.717) is 24.6 Å². The van der Waals surface area contributed by atoms with Gasteiger partial charge in [-0.25, -0.2) is 14.8 Å². The first-order valence-corrected chi connectivity index (χ1v) is 22.4. The van der Waals surface area contributed by atoms with Gasteiger partial charge in [0.15, 0.2) is 0 Å². The molecule has 7 aromatic rings. The lowest BCUT2D eigenvalue weighted by atomic mass is 9.90. The number of fused-ring (bicyclic) bond motifs is 2. The van der Waals surface area contributed by atoms with Crippen molar-refractivity contribution in [2.45, 2.75) is 58.5 Å². The Morgan fingerprint density at radius 3 is 1.75 bits per heavy atom. The van der Waals surface area contributed by atoms with Crippen molar-refractivity contribution in [3.8, 4) is 11.3 Å². The van der Waals surface area contributed by atoms with E-state index in [-0.39, 0.29) is 19.3 Å². The maximum atomic E-state index is 12.4. The second kappa shape index (κ2) is 19.6. The quantitative estimate of drug-likeness (QED) is 0.164. The number of nitrogens with one attached hydrogen (secondary N) is 1. The highest BCUT2D eigenvalue weighted by Crippen LogP contribution is 2.36. The molecule has 10 rings (SSSR count). The van der Waals surface area contributed by atoms with Crippen LogP contribution in [-0.2, 0) is 4.74 Å². The number of carbonyl (C=O) groups is 2. The monoisotopic (exact) mass is 870 g/mol. The van der Waals surface area contributed by atoms with Crippen LogP contribution in [0.2, 0.25) is 0 Å². The highest BCUT2D eigenvalue weighted by molar-refractivity contribution is 5.95. The number of para-hydroxylation sites is 2. The summed E-state index contributed by atoms with van der Waals surface area (Å²) in [4.78, 5) is 58.9. The van der Waals surface area contributed by atoms with Crippen LogP contribution in [0, 0.1) is 0 Å². The Morgan fingerprint density at radius 2 is 1.22 bits per heavy atom. The summed E-state index contributed by atoms with van der Waals surface area (Å²) < 4.78 is 5.51. The van der Waals surface area contributed by atoms with Gasteiger partial charge in [0.05, 0.1) is 33.8 Å². The molecule has 3 aliphatic heterocycles. The summed E-state index contributed by atoms with van der Waals surface area (Å²) in [5.41, 5.74) is 7.98. The molecule has 0 saturated carbocycles. The van der Waals surface area contributed by atoms with Crippen molar-refractivity contribution < 1.29 is 15.8 Å². The number of ether oxygens (including phenoxy) is 1. The van der Waals surface area contributed by atoms with Crippen molar-refractivity contribution in [3.63, 3.8) is 0 Å². The van der Waals surface area contributed by atoms with Crippen molar-refractivity contribution in [1.29, 1.82) is 0 Å². The third-order valence-electron chi connectivity index (χ3n) is 11.6. The van der Waals surface area contributed by atoms with Gasteiger partial charge in [-0.05, 0) is 81.3 Å². The summed E-state index contributed by atoms with van der Waals surface area (Å²) in [5.74, 6) is 2.45. The first kappa shape index (κ1) is 44.3. The minimum Gasteiger partial charge on any atom is -0.444 e. The topological polar surface area (TPSA) is 142 Å². The molecule has 7 heterocycles. The smallest absolute Gasteiger partial charge is 0.410 e. The van der Waals surface area contributed by atoms with Crippen molar-refractivity contribution in [2.24, 2.45) is 0 Å². The van der Waals surface area contributed by atoms with E-state index < -0.39 is 5.60 Å². The lowest BCUT2D eigenvalue weighted by molar-refractivity contribution is 0.0270. The van der Waals surface area contributed by atoms with E-state index in [1.807, 2.05) is 89.2 Å². The summed E-state index contributed by atoms with van der Waals surface area (Å²) in [5, 5.41) is 4.96. The SMILES string of the molecule is CC.CC(C)(C)OC(=O)N1CC=C(c2nccnc2C2CN(c3ccc4ccccc4n3)C2)CC1.CNC(=O)c1cccc(-c2nccnc2C2CN(c3ccc4ccccc4n3)C2)c1.[HH]. The van der Waals surface area contributed by atoms with Crippen LogP contribution in [0.3, 0.4) is 0 Å². The van der Waals surface area contributed by atoms with Gasteiger partial charge in [-0.1, -0.05) is 68.5 Å². The molecule has 2 saturated heterocycles. The van der Waals surface area contributed by atoms with Gasteiger partial charge in [0.1, 0.15) is 17.2 Å². The number of pyridine rings is 2. The van der Waals surface area contributed by atoms with Gasteiger partial charge in [-0.3, -0.25) is 24.7 Å². The predicted octanol–water partition coefficient (Wildman–Crippen LogP) is 9.58. The molecular formula is C52H58N10O3. The molecule has 0 bridgehead atoms. The largest absolute Gasteiger partial charge is 0.444 e. The maximum Gasteiger partial charge on any atom is 0.410 e. The van der Waals surface area contributed by atoms with Crippen LogP contribution in [0.1, 0.15) is 81.7 Å². The average molecular weight is 871 g/mol. The number of benzene rings is 3. The number of anilines is 2. The number of hydrogen-bond donors (Lipinski definition) is 1. The highest BCUT2D eigenvalue weighted by Gasteiger charge is 2.35. The third-order valence-corrected chi connectivity index (χ3v) is 11.6. The molecule has 334 valence electrons. The van der Waals surface area contributed by atoms with Crippen LogP contribution in [0.4, 0.5) is 16.4 Å². The van der Waals surface area contributed by atoms with E-state index in [4.69, 9.17) is 19.7 Å². The molecule has 2 fully saturated rings. The van der Waals surface area contributed by atoms with Gasteiger partial charge in [0.2, 0.25) is 0 Å². The number of hydrogen-bond acceptors (Lipinski definition) is 11. The minimum absolute atomic E-state index is 0. The lowest BCUT2D eigenvalue weighted by Gasteiger charge is -2.40. The molecule has 0 spiro atoms. The van der Waals surface area contributed by atoms with Crippen LogP contribution >= 0.6 is 0 Å². The van der Waals surface area contributed by atoms with Crippen LogP contribution in [-0.4, -0.2) is 98.7 Å². The molecule has 1 N–H and O–H groups in total. The Balaban J connectivity index is 0.000000187. The van der Waals surface area contributed by atoms with Gasteiger partial charge in [-0.2, -0.15) is 0 Å². The van der Waals surface area contributed by atoms with E-state index >= 15 is 0 Å². The fourth-order valence-electron chi connectivity index (χ4n) is 8.23. The van der Waals surface area contributed by atoms with Gasteiger partial charge >= 0.3 is 6.09 Å². The van der Waals surface area contributed by atoms with Crippen LogP contribution in [0.5, 0.6) is 0 Å². The average Bonchev–Trinajstić information content (AvgIpc) is 3.31. The second-order valence-electron chi connectivity index (χ2n) is 17.1. The molecule has 0 unspecified atom stereocenters. The van der Waals surface area contributed by atoms with Crippen LogP contribution in [0.25, 0.3) is 38.6 Å². The second-order valence-corrected chi connectivity index (χ2v) is 17.1. The lowest BCUT2D eigenvalue weighted by Crippen LogP contribution is -2.46. The Kier molecular flexibility index (Phi) is 13.4. The third kappa shape index (κ3) is 10.1. The van der Waals surface area contributed by atoms with Gasteiger partial charge in [0, 0.05) is 106 Å². The molecule has 2 amide bonds. The Labute approximate surface area is 382 Å². The summed E-state index contributed by atoms with van der Waals surface area (Å²) >= 11 is 0. The molecule has 13 heteroatoms. The predicted molar refractivity (Wildman–Crippen MR) is 260 cm³/mol. The van der Waals surface area contributed by atoms with Gasteiger partial charge in [-0.15, -0.1) is 0 Å². The number of carbonyl (C=O) groups excluding carboxylic acids is 2. The minimum atomic E-state index is -0.491. The normalized spacial score (nSPS) is 15.1. The van der Waals surface area contributed by atoms with Crippen molar-refractivity contribution >= 4 is 51.0 Å². The zero-order valence-electron chi connectivity index (χ0n) is 38.0. The van der Waals surface area contributed by atoms with E-state index in [9.17, 15) is 9.59 Å². The Bertz CT molecular complexity index is 2840. The first-order chi connectivity index (χ1) is 31.6. The molecule has 3 aliphatic rings. The molecule has 4 aromatic heterocycles. The molecular weight excluding hydrogens is 813 g/mol. The molecule has 0 atom stereocenters. The standard InChI is InChI=1S/C26H29N5O2.C24H21N5O.C2H6.H2/c1-26(2,3)33-25(32)30-14-10-19(11-15-30)23-24(28-13-12-27-23)20-16-31(17-20)22-9-8-18-6-4-5-7-21(18)29-22;1-25-24(30)18-7-4-6-17(13-18)22-23(27-12-11-26-22)19-14-29(15-19)21-10-9-16-5-2-3-8-20(16)28-21;1-2;/h4-10,12-13,20H,11,14-17H2,1-3H3;2-13,19H,14-15H2,1H3,(H,25,30);1-2H3;1H. The zero-order valence-corrected chi connectivity index (χ0v) is 38.0. The van der Waals surface area contributed by atoms with E-state index in [1.54, 1.807) is 42.8 Å². The zero-order chi connectivity index (χ0) is 45.5. The fraction of sp³-hybridized carbons (Fsp3) is 0.308. The molecule has 65 heavy (non-hydrogen) atoms. The number of aromatic nitrogens is 6. The number of rotatable bonds is 7. The fourth-order valence-corrected chi connectivity index (χ4v) is 8.23. The Hall–Kier alpha value is -7.28. The Morgan fingerprint density at radius 1 is 0.677 bits per heavy atom. The summed E-state index contributed by atoms with van der Waals surface area (Å²) in [6.07, 6.45) is 9.52. The first-order valence-electron chi connectivity index (χ1n) is 22.4. The van der Waals surface area contributed by atoms with Crippen molar-refractivity contribution in [1.82, 2.24) is 40.1 Å².